The zero-order valence-electron chi connectivity index (χ0n) is 8.92. The quantitative estimate of drug-likeness (QED) is 0.838. The number of ether oxygens (including phenoxy) is 2. The number of nitrogens with one attached hydrogen (secondary N) is 1. The summed E-state index contributed by atoms with van der Waals surface area (Å²) in [6.07, 6.45) is -0.891. The zero-order chi connectivity index (χ0) is 12.1. The summed E-state index contributed by atoms with van der Waals surface area (Å²) in [5.74, 6) is 0.525. The molecular weight excluding hydrogens is 242 g/mol. The minimum absolute atomic E-state index is 0.0808. The van der Waals surface area contributed by atoms with E-state index in [1.165, 1.54) is 0 Å². The van der Waals surface area contributed by atoms with Crippen molar-refractivity contribution in [3.05, 3.63) is 30.3 Å². The molecule has 90 valence electrons. The molecule has 0 aromatic heterocycles. The second kappa shape index (κ2) is 5.58. The largest absolute Gasteiger partial charge is 0.450 e. The molecule has 5 nitrogen and oxygen atoms in total. The number of carbonyl (C=O) groups excluding carboxylic acids is 2. The third-order valence-corrected chi connectivity index (χ3v) is 2.94. The van der Waals surface area contributed by atoms with E-state index in [4.69, 9.17) is 9.47 Å². The summed E-state index contributed by atoms with van der Waals surface area (Å²) in [6, 6.07) is 8.99. The van der Waals surface area contributed by atoms with Crippen molar-refractivity contribution in [1.29, 1.82) is 0 Å². The third-order valence-electron chi connectivity index (χ3n) is 2.07. The first-order chi connectivity index (χ1) is 8.24. The normalized spacial score (nSPS) is 18.6. The maximum absolute atomic E-state index is 11.4. The number of amides is 1. The topological polar surface area (TPSA) is 64.6 Å². The number of rotatable bonds is 3. The molecule has 0 saturated carbocycles. The second-order valence-electron chi connectivity index (χ2n) is 3.39. The van der Waals surface area contributed by atoms with Crippen LogP contribution in [0.2, 0.25) is 0 Å². The summed E-state index contributed by atoms with van der Waals surface area (Å²) in [7, 11) is 0. The number of hydrogen-bond acceptors (Lipinski definition) is 5. The van der Waals surface area contributed by atoms with Crippen molar-refractivity contribution in [2.75, 3.05) is 17.7 Å². The maximum atomic E-state index is 11.4. The van der Waals surface area contributed by atoms with Gasteiger partial charge in [-0.25, -0.2) is 9.59 Å². The van der Waals surface area contributed by atoms with Gasteiger partial charge >= 0.3 is 11.4 Å². The van der Waals surface area contributed by atoms with Gasteiger partial charge in [0.25, 0.3) is 0 Å². The van der Waals surface area contributed by atoms with Crippen LogP contribution in [0.3, 0.4) is 0 Å². The Morgan fingerprint density at radius 1 is 1.47 bits per heavy atom. The highest BCUT2D eigenvalue weighted by Crippen LogP contribution is 2.19. The lowest BCUT2D eigenvalue weighted by molar-refractivity contribution is 0.0800. The van der Waals surface area contributed by atoms with E-state index in [9.17, 15) is 9.59 Å². The van der Waals surface area contributed by atoms with Gasteiger partial charge in [-0.1, -0.05) is 18.2 Å². The lowest BCUT2D eigenvalue weighted by Crippen LogP contribution is -2.23. The van der Waals surface area contributed by atoms with Crippen LogP contribution in [-0.2, 0) is 9.47 Å². The van der Waals surface area contributed by atoms with Gasteiger partial charge in [-0.15, -0.1) is 0 Å². The Morgan fingerprint density at radius 2 is 2.24 bits per heavy atom. The first-order valence-corrected chi connectivity index (χ1v) is 6.05. The molecule has 1 unspecified atom stereocenters. The lowest BCUT2D eigenvalue weighted by Gasteiger charge is -2.10. The summed E-state index contributed by atoms with van der Waals surface area (Å²) in [6.45, 7) is 0.0808. The Morgan fingerprint density at radius 3 is 2.88 bits per heavy atom. The van der Waals surface area contributed by atoms with Gasteiger partial charge in [0.2, 0.25) is 0 Å². The van der Waals surface area contributed by atoms with E-state index in [0.717, 1.165) is 11.8 Å². The fraction of sp³-hybridized carbons (Fsp3) is 0.273. The van der Waals surface area contributed by atoms with Crippen molar-refractivity contribution in [1.82, 2.24) is 0 Å². The van der Waals surface area contributed by atoms with Crippen molar-refractivity contribution < 1.29 is 19.1 Å². The number of thioether (sulfide) groups is 1. The first-order valence-electron chi connectivity index (χ1n) is 5.06. The van der Waals surface area contributed by atoms with Crippen LogP contribution in [0.5, 0.6) is 0 Å². The van der Waals surface area contributed by atoms with E-state index in [0.29, 0.717) is 11.4 Å². The molecule has 1 atom stereocenters. The van der Waals surface area contributed by atoms with Gasteiger partial charge in [0.15, 0.2) is 0 Å². The minimum atomic E-state index is -0.552. The molecule has 1 amide bonds. The molecule has 1 fully saturated rings. The van der Waals surface area contributed by atoms with Gasteiger partial charge in [-0.2, -0.15) is 0 Å². The highest BCUT2D eigenvalue weighted by Gasteiger charge is 2.25. The van der Waals surface area contributed by atoms with Crippen molar-refractivity contribution in [3.63, 3.8) is 0 Å². The van der Waals surface area contributed by atoms with Gasteiger partial charge in [0, 0.05) is 11.4 Å². The van der Waals surface area contributed by atoms with Crippen molar-refractivity contribution in [3.8, 4) is 0 Å². The summed E-state index contributed by atoms with van der Waals surface area (Å²) in [5, 5.41) is 2.25. The predicted octanol–water partition coefficient (Wildman–Crippen LogP) is 2.49. The van der Waals surface area contributed by atoms with Gasteiger partial charge < -0.3 is 9.47 Å². The average Bonchev–Trinajstić information content (AvgIpc) is 2.74. The fourth-order valence-electron chi connectivity index (χ4n) is 1.29. The number of anilines is 1. The van der Waals surface area contributed by atoms with Gasteiger partial charge in [0.05, 0.1) is 0 Å². The van der Waals surface area contributed by atoms with Crippen LogP contribution < -0.4 is 5.32 Å². The minimum Gasteiger partial charge on any atom is -0.450 e. The Hall–Kier alpha value is -1.69. The molecule has 1 aliphatic heterocycles. The van der Waals surface area contributed by atoms with Crippen molar-refractivity contribution >= 4 is 28.8 Å². The molecule has 0 bridgehead atoms. The van der Waals surface area contributed by atoms with Crippen LogP contribution in [0.15, 0.2) is 30.3 Å². The summed E-state index contributed by atoms with van der Waals surface area (Å²) in [4.78, 5) is 22.1. The zero-order valence-corrected chi connectivity index (χ0v) is 9.74. The molecule has 1 heterocycles. The Labute approximate surface area is 102 Å². The fourth-order valence-corrected chi connectivity index (χ4v) is 1.98. The average molecular weight is 253 g/mol. The van der Waals surface area contributed by atoms with Gasteiger partial charge in [0.1, 0.15) is 12.7 Å². The predicted molar refractivity (Wildman–Crippen MR) is 64.1 cm³/mol. The lowest BCUT2D eigenvalue weighted by atomic mass is 10.3. The van der Waals surface area contributed by atoms with E-state index in [-0.39, 0.29) is 18.0 Å². The number of hydrogen-bond donors (Lipinski definition) is 1. The van der Waals surface area contributed by atoms with Crippen LogP contribution in [0.4, 0.5) is 15.3 Å². The molecule has 2 rings (SSSR count). The van der Waals surface area contributed by atoms with Crippen LogP contribution in [0.25, 0.3) is 0 Å². The Balaban J connectivity index is 1.73. The number of para-hydroxylation sites is 1. The number of carbonyl (C=O) groups is 2. The molecule has 1 N–H and O–H groups in total. The van der Waals surface area contributed by atoms with Crippen LogP contribution in [0, 0.1) is 0 Å². The van der Waals surface area contributed by atoms with E-state index >= 15 is 0 Å². The highest BCUT2D eigenvalue weighted by atomic mass is 32.2. The molecular formula is C11H11NO4S. The van der Waals surface area contributed by atoms with Crippen LogP contribution >= 0.6 is 11.8 Å². The number of benzene rings is 1. The molecule has 0 aliphatic carbocycles. The molecule has 6 heteroatoms. The summed E-state index contributed by atoms with van der Waals surface area (Å²) < 4.78 is 9.82. The third kappa shape index (κ3) is 3.67. The van der Waals surface area contributed by atoms with Crippen LogP contribution in [-0.4, -0.2) is 29.9 Å². The van der Waals surface area contributed by atoms with E-state index in [1.807, 2.05) is 18.2 Å². The maximum Gasteiger partial charge on any atom is 0.411 e. The van der Waals surface area contributed by atoms with Gasteiger partial charge in [-0.3, -0.25) is 5.32 Å². The molecule has 0 spiro atoms. The second-order valence-corrected chi connectivity index (χ2v) is 4.35. The molecule has 1 aromatic rings. The van der Waals surface area contributed by atoms with Crippen molar-refractivity contribution in [2.45, 2.75) is 6.10 Å². The van der Waals surface area contributed by atoms with E-state index in [2.05, 4.69) is 5.32 Å². The van der Waals surface area contributed by atoms with Crippen molar-refractivity contribution in [2.24, 2.45) is 0 Å². The smallest absolute Gasteiger partial charge is 0.411 e. The molecule has 1 saturated heterocycles. The Bertz CT molecular complexity index is 409. The monoisotopic (exact) mass is 253 g/mol. The van der Waals surface area contributed by atoms with Crippen LogP contribution in [0.1, 0.15) is 0 Å². The summed E-state index contributed by atoms with van der Waals surface area (Å²) >= 11 is 1.09. The first kappa shape index (κ1) is 11.8. The number of cyclic esters (lactones) is 1. The standard InChI is InChI=1S/C11H11NO4S/c13-10(12-8-4-2-1-3-5-8)15-6-9-7-17-11(14)16-9/h1-5,9H,6-7H2,(H,12,13). The highest BCUT2D eigenvalue weighted by molar-refractivity contribution is 8.13. The molecule has 1 aromatic carbocycles. The molecule has 0 radical (unpaired) electrons. The molecule has 17 heavy (non-hydrogen) atoms. The SMILES string of the molecule is O=C(Nc1ccccc1)OCC1CSC(=O)O1. The van der Waals surface area contributed by atoms with E-state index < -0.39 is 6.09 Å². The Kier molecular flexibility index (Phi) is 3.87. The van der Waals surface area contributed by atoms with E-state index in [1.54, 1.807) is 12.1 Å². The molecule has 1 aliphatic rings. The van der Waals surface area contributed by atoms with Gasteiger partial charge in [-0.05, 0) is 23.9 Å². The summed E-state index contributed by atoms with van der Waals surface area (Å²) in [5.41, 5.74) is 0.662.